The number of nitriles is 1. The van der Waals surface area contributed by atoms with Gasteiger partial charge in [-0.05, 0) is 18.2 Å². The average molecular weight is 316 g/mol. The van der Waals surface area contributed by atoms with Crippen molar-refractivity contribution in [3.05, 3.63) is 40.9 Å². The maximum absolute atomic E-state index is 11.9. The van der Waals surface area contributed by atoms with E-state index in [0.29, 0.717) is 22.1 Å². The lowest BCUT2D eigenvalue weighted by Gasteiger charge is -2.04. The van der Waals surface area contributed by atoms with Gasteiger partial charge in [-0.3, -0.25) is 10.1 Å². The molecule has 2 N–H and O–H groups in total. The van der Waals surface area contributed by atoms with Crippen LogP contribution >= 0.6 is 11.3 Å². The van der Waals surface area contributed by atoms with Crippen molar-refractivity contribution in [3.8, 4) is 6.07 Å². The largest absolute Gasteiger partial charge is 0.453 e. The Kier molecular flexibility index (Phi) is 5.06. The van der Waals surface area contributed by atoms with Gasteiger partial charge in [0.1, 0.15) is 0 Å². The van der Waals surface area contributed by atoms with Crippen LogP contribution in [0.4, 0.5) is 15.6 Å². The zero-order valence-electron chi connectivity index (χ0n) is 11.6. The van der Waals surface area contributed by atoms with E-state index in [1.165, 1.54) is 18.4 Å². The highest BCUT2D eigenvalue weighted by Gasteiger charge is 2.10. The molecule has 8 heteroatoms. The number of nitrogens with one attached hydrogen (secondary N) is 2. The second kappa shape index (κ2) is 7.19. The number of carbonyl (C=O) groups is 2. The molecule has 0 saturated heterocycles. The summed E-state index contributed by atoms with van der Waals surface area (Å²) in [5.41, 5.74) is 1.55. The lowest BCUT2D eigenvalue weighted by Crippen LogP contribution is -2.15. The number of nitrogens with zero attached hydrogens (tertiary/aromatic N) is 2. The molecule has 0 saturated carbocycles. The molecule has 0 radical (unpaired) electrons. The van der Waals surface area contributed by atoms with Gasteiger partial charge in [-0.25, -0.2) is 9.78 Å². The molecule has 0 aliphatic heterocycles. The zero-order valence-corrected chi connectivity index (χ0v) is 12.4. The van der Waals surface area contributed by atoms with Crippen LogP contribution in [0.25, 0.3) is 0 Å². The predicted molar refractivity (Wildman–Crippen MR) is 81.6 cm³/mol. The maximum atomic E-state index is 11.9. The first-order valence-corrected chi connectivity index (χ1v) is 7.08. The number of benzene rings is 1. The Balaban J connectivity index is 1.94. The third kappa shape index (κ3) is 4.29. The zero-order chi connectivity index (χ0) is 15.9. The standard InChI is InChI=1S/C14H12N4O3S/c1-21-14(20)18-13-17-11(8-22-13)6-12(19)16-10-4-2-3-9(5-10)7-15/h2-5,8H,6H2,1H3,(H,16,19)(H,17,18,20). The molecule has 0 bridgehead atoms. The maximum Gasteiger partial charge on any atom is 0.413 e. The van der Waals surface area contributed by atoms with Gasteiger partial charge in [0.15, 0.2) is 5.13 Å². The summed E-state index contributed by atoms with van der Waals surface area (Å²) in [5, 5.41) is 16.0. The summed E-state index contributed by atoms with van der Waals surface area (Å²) in [4.78, 5) is 27.1. The molecule has 0 aliphatic carbocycles. The first kappa shape index (κ1) is 15.5. The van der Waals surface area contributed by atoms with Crippen LogP contribution in [0, 0.1) is 11.3 Å². The molecule has 0 atom stereocenters. The Morgan fingerprint density at radius 1 is 1.41 bits per heavy atom. The van der Waals surface area contributed by atoms with E-state index in [1.807, 2.05) is 6.07 Å². The Bertz CT molecular complexity index is 736. The summed E-state index contributed by atoms with van der Waals surface area (Å²) in [7, 11) is 1.26. The van der Waals surface area contributed by atoms with E-state index in [9.17, 15) is 9.59 Å². The Hall–Kier alpha value is -2.92. The van der Waals surface area contributed by atoms with Gasteiger partial charge < -0.3 is 10.1 Å². The van der Waals surface area contributed by atoms with Crippen molar-refractivity contribution in [2.75, 3.05) is 17.7 Å². The van der Waals surface area contributed by atoms with Crippen LogP contribution in [-0.2, 0) is 16.0 Å². The van der Waals surface area contributed by atoms with E-state index >= 15 is 0 Å². The Morgan fingerprint density at radius 2 is 2.23 bits per heavy atom. The second-order valence-electron chi connectivity index (χ2n) is 4.18. The highest BCUT2D eigenvalue weighted by molar-refractivity contribution is 7.13. The first-order valence-electron chi connectivity index (χ1n) is 6.20. The molecule has 2 rings (SSSR count). The molecule has 0 spiro atoms. The van der Waals surface area contributed by atoms with E-state index in [2.05, 4.69) is 20.4 Å². The Morgan fingerprint density at radius 3 is 2.95 bits per heavy atom. The van der Waals surface area contributed by atoms with E-state index < -0.39 is 6.09 Å². The van der Waals surface area contributed by atoms with Crippen molar-refractivity contribution >= 4 is 34.2 Å². The van der Waals surface area contributed by atoms with Gasteiger partial charge in [-0.2, -0.15) is 5.26 Å². The normalized spacial score (nSPS) is 9.64. The van der Waals surface area contributed by atoms with Crippen molar-refractivity contribution in [2.45, 2.75) is 6.42 Å². The van der Waals surface area contributed by atoms with Gasteiger partial charge in [0.2, 0.25) is 5.91 Å². The number of amides is 2. The molecule has 1 heterocycles. The number of methoxy groups -OCH3 is 1. The van der Waals surface area contributed by atoms with Gasteiger partial charge in [-0.1, -0.05) is 6.07 Å². The highest BCUT2D eigenvalue weighted by Crippen LogP contribution is 2.17. The molecular weight excluding hydrogens is 304 g/mol. The molecule has 1 aromatic heterocycles. The number of hydrogen-bond donors (Lipinski definition) is 2. The van der Waals surface area contributed by atoms with E-state index in [4.69, 9.17) is 5.26 Å². The molecular formula is C14H12N4O3S. The lowest BCUT2D eigenvalue weighted by molar-refractivity contribution is -0.115. The predicted octanol–water partition coefficient (Wildman–Crippen LogP) is 2.37. The molecule has 0 aliphatic rings. The summed E-state index contributed by atoms with van der Waals surface area (Å²) in [6, 6.07) is 8.63. The van der Waals surface area contributed by atoms with Gasteiger partial charge in [0.25, 0.3) is 0 Å². The van der Waals surface area contributed by atoms with Crippen LogP contribution in [0.15, 0.2) is 29.6 Å². The first-order chi connectivity index (χ1) is 10.6. The van der Waals surface area contributed by atoms with Crippen molar-refractivity contribution in [3.63, 3.8) is 0 Å². The van der Waals surface area contributed by atoms with Crippen molar-refractivity contribution in [2.24, 2.45) is 0 Å². The van der Waals surface area contributed by atoms with Crippen LogP contribution in [0.1, 0.15) is 11.3 Å². The number of aromatic nitrogens is 1. The Labute approximate surface area is 130 Å². The third-order valence-electron chi connectivity index (χ3n) is 2.56. The van der Waals surface area contributed by atoms with Crippen molar-refractivity contribution in [1.82, 2.24) is 4.98 Å². The van der Waals surface area contributed by atoms with E-state index in [-0.39, 0.29) is 12.3 Å². The average Bonchev–Trinajstić information content (AvgIpc) is 2.94. The summed E-state index contributed by atoms with van der Waals surface area (Å²) >= 11 is 1.20. The topological polar surface area (TPSA) is 104 Å². The number of hydrogen-bond acceptors (Lipinski definition) is 6. The quantitative estimate of drug-likeness (QED) is 0.901. The van der Waals surface area contributed by atoms with Crippen LogP contribution in [0.2, 0.25) is 0 Å². The molecule has 0 fully saturated rings. The van der Waals surface area contributed by atoms with E-state index in [1.54, 1.807) is 29.6 Å². The summed E-state index contributed by atoms with van der Waals surface area (Å²) < 4.78 is 4.46. The fraction of sp³-hybridized carbons (Fsp3) is 0.143. The SMILES string of the molecule is COC(=O)Nc1nc(CC(=O)Nc2cccc(C#N)c2)cs1. The highest BCUT2D eigenvalue weighted by atomic mass is 32.1. The van der Waals surface area contributed by atoms with Gasteiger partial charge in [0, 0.05) is 11.1 Å². The van der Waals surface area contributed by atoms with Crippen LogP contribution < -0.4 is 10.6 Å². The third-order valence-corrected chi connectivity index (χ3v) is 3.37. The van der Waals surface area contributed by atoms with Crippen molar-refractivity contribution < 1.29 is 14.3 Å². The van der Waals surface area contributed by atoms with Crippen LogP contribution in [-0.4, -0.2) is 24.1 Å². The molecule has 2 amide bonds. The minimum Gasteiger partial charge on any atom is -0.453 e. The van der Waals surface area contributed by atoms with Crippen LogP contribution in [0.3, 0.4) is 0 Å². The minimum absolute atomic E-state index is 0.0656. The number of carbonyl (C=O) groups excluding carboxylic acids is 2. The summed E-state index contributed by atoms with van der Waals surface area (Å²) in [5.74, 6) is -0.259. The molecule has 0 unspecified atom stereocenters. The summed E-state index contributed by atoms with van der Waals surface area (Å²) in [6.45, 7) is 0. The van der Waals surface area contributed by atoms with E-state index in [0.717, 1.165) is 0 Å². The molecule has 1 aromatic carbocycles. The number of rotatable bonds is 4. The molecule has 112 valence electrons. The van der Waals surface area contributed by atoms with Crippen molar-refractivity contribution in [1.29, 1.82) is 5.26 Å². The van der Waals surface area contributed by atoms with Crippen LogP contribution in [0.5, 0.6) is 0 Å². The molecule has 2 aromatic rings. The second-order valence-corrected chi connectivity index (χ2v) is 5.04. The monoisotopic (exact) mass is 316 g/mol. The molecule has 22 heavy (non-hydrogen) atoms. The van der Waals surface area contributed by atoms with Gasteiger partial charge in [-0.15, -0.1) is 11.3 Å². The fourth-order valence-corrected chi connectivity index (χ4v) is 2.32. The van der Waals surface area contributed by atoms with Gasteiger partial charge >= 0.3 is 6.09 Å². The number of ether oxygens (including phenoxy) is 1. The number of anilines is 2. The minimum atomic E-state index is -0.612. The smallest absolute Gasteiger partial charge is 0.413 e. The fourth-order valence-electron chi connectivity index (χ4n) is 1.62. The number of thiazole rings is 1. The summed E-state index contributed by atoms with van der Waals surface area (Å²) in [6.07, 6.45) is -0.547. The van der Waals surface area contributed by atoms with Gasteiger partial charge in [0.05, 0.1) is 30.9 Å². The lowest BCUT2D eigenvalue weighted by atomic mass is 10.2. The molecule has 7 nitrogen and oxygen atoms in total.